The quantitative estimate of drug-likeness (QED) is 0.730. The maximum Gasteiger partial charge on any atom is 0.305 e. The molecule has 0 saturated carbocycles. The Morgan fingerprint density at radius 3 is 2.19 bits per heavy atom. The topological polar surface area (TPSA) is 74.7 Å². The van der Waals surface area contributed by atoms with Crippen LogP contribution in [0.5, 0.6) is 0 Å². The van der Waals surface area contributed by atoms with Crippen LogP contribution in [0.15, 0.2) is 0 Å². The summed E-state index contributed by atoms with van der Waals surface area (Å²) in [7, 11) is 0. The molecule has 5 heteroatoms. The second-order valence-electron chi connectivity index (χ2n) is 5.12. The summed E-state index contributed by atoms with van der Waals surface area (Å²) in [6, 6.07) is -0.561. The Labute approximate surface area is 94.4 Å². The number of carboxylic acid groups (broad SMARTS) is 1. The maximum absolute atomic E-state index is 11.8. The number of carboxylic acids is 1. The van der Waals surface area contributed by atoms with E-state index in [9.17, 15) is 14.4 Å². The number of rotatable bonds is 3. The molecule has 0 spiro atoms. The molecule has 1 fully saturated rings. The summed E-state index contributed by atoms with van der Waals surface area (Å²) in [6.45, 7) is 5.31. The molecule has 0 aromatic rings. The van der Waals surface area contributed by atoms with Crippen molar-refractivity contribution in [2.24, 2.45) is 5.41 Å². The first-order valence-corrected chi connectivity index (χ1v) is 5.29. The minimum Gasteiger partial charge on any atom is -0.481 e. The third kappa shape index (κ3) is 2.81. The molecule has 0 aliphatic carbocycles. The van der Waals surface area contributed by atoms with Crippen molar-refractivity contribution in [1.82, 2.24) is 4.90 Å². The van der Waals surface area contributed by atoms with Gasteiger partial charge in [-0.1, -0.05) is 13.8 Å². The lowest BCUT2D eigenvalue weighted by Crippen LogP contribution is -2.50. The molecule has 16 heavy (non-hydrogen) atoms. The van der Waals surface area contributed by atoms with Crippen molar-refractivity contribution in [2.75, 3.05) is 0 Å². The van der Waals surface area contributed by atoms with Gasteiger partial charge in [-0.3, -0.25) is 19.3 Å². The number of aliphatic carboxylic acids is 1. The van der Waals surface area contributed by atoms with Gasteiger partial charge in [-0.05, 0) is 12.3 Å². The molecular formula is C11H17NO4. The van der Waals surface area contributed by atoms with Gasteiger partial charge in [0.15, 0.2) is 0 Å². The van der Waals surface area contributed by atoms with Crippen molar-refractivity contribution in [2.45, 2.75) is 46.1 Å². The van der Waals surface area contributed by atoms with Crippen molar-refractivity contribution < 1.29 is 19.5 Å². The molecule has 1 aliphatic heterocycles. The Morgan fingerprint density at radius 2 is 1.81 bits per heavy atom. The first-order valence-electron chi connectivity index (χ1n) is 5.29. The van der Waals surface area contributed by atoms with Gasteiger partial charge in [0.1, 0.15) is 0 Å². The van der Waals surface area contributed by atoms with Crippen LogP contribution in [-0.2, 0) is 14.4 Å². The fraction of sp³-hybridized carbons (Fsp3) is 0.727. The largest absolute Gasteiger partial charge is 0.481 e. The summed E-state index contributed by atoms with van der Waals surface area (Å²) < 4.78 is 0. The zero-order valence-corrected chi connectivity index (χ0v) is 9.82. The first-order chi connectivity index (χ1) is 7.23. The fourth-order valence-electron chi connectivity index (χ4n) is 2.03. The second-order valence-corrected chi connectivity index (χ2v) is 5.12. The van der Waals surface area contributed by atoms with E-state index in [2.05, 4.69) is 0 Å². The van der Waals surface area contributed by atoms with Crippen LogP contribution in [0.25, 0.3) is 0 Å². The average Bonchev–Trinajstić information content (AvgIpc) is 1.96. The van der Waals surface area contributed by atoms with Gasteiger partial charge in [0, 0.05) is 18.9 Å². The van der Waals surface area contributed by atoms with Gasteiger partial charge in [0.05, 0.1) is 6.42 Å². The highest BCUT2D eigenvalue weighted by atomic mass is 16.4. The van der Waals surface area contributed by atoms with Gasteiger partial charge in [0.25, 0.3) is 0 Å². The van der Waals surface area contributed by atoms with E-state index in [0.29, 0.717) is 12.8 Å². The molecule has 2 amide bonds. The van der Waals surface area contributed by atoms with Crippen molar-refractivity contribution in [3.8, 4) is 0 Å². The number of carbonyl (C=O) groups is 3. The molecule has 0 bridgehead atoms. The predicted octanol–water partition coefficient (Wildman–Crippen LogP) is 1.02. The van der Waals surface area contributed by atoms with Crippen LogP contribution in [0.2, 0.25) is 0 Å². The third-order valence-electron chi connectivity index (χ3n) is 2.71. The molecule has 90 valence electrons. The third-order valence-corrected chi connectivity index (χ3v) is 2.71. The Balaban J connectivity index is 2.78. The first kappa shape index (κ1) is 12.7. The minimum absolute atomic E-state index is 0.197. The minimum atomic E-state index is -1.00. The van der Waals surface area contributed by atoms with Crippen LogP contribution < -0.4 is 0 Å². The molecule has 1 saturated heterocycles. The fourth-order valence-corrected chi connectivity index (χ4v) is 2.03. The van der Waals surface area contributed by atoms with Crippen molar-refractivity contribution >= 4 is 17.8 Å². The SMILES string of the molecule is CC(CC(=O)O)N1C(=O)CC(C)(C)CC1=O. The number of hydrogen-bond donors (Lipinski definition) is 1. The summed E-state index contributed by atoms with van der Waals surface area (Å²) in [6.07, 6.45) is 0.392. The van der Waals surface area contributed by atoms with E-state index in [-0.39, 0.29) is 23.7 Å². The van der Waals surface area contributed by atoms with Gasteiger partial charge in [-0.15, -0.1) is 0 Å². The number of piperidine rings is 1. The lowest BCUT2D eigenvalue weighted by atomic mass is 9.81. The number of hydrogen-bond acceptors (Lipinski definition) is 3. The van der Waals surface area contributed by atoms with Crippen LogP contribution in [0.4, 0.5) is 0 Å². The molecule has 1 heterocycles. The highest BCUT2D eigenvalue weighted by molar-refractivity contribution is 5.99. The molecule has 0 aromatic heterocycles. The second kappa shape index (κ2) is 4.23. The van der Waals surface area contributed by atoms with E-state index in [1.807, 2.05) is 13.8 Å². The van der Waals surface area contributed by atoms with Gasteiger partial charge in [-0.2, -0.15) is 0 Å². The van der Waals surface area contributed by atoms with Gasteiger partial charge in [-0.25, -0.2) is 0 Å². The molecule has 0 aromatic carbocycles. The van der Waals surface area contributed by atoms with Gasteiger partial charge >= 0.3 is 5.97 Å². The summed E-state index contributed by atoms with van der Waals surface area (Å²) in [4.78, 5) is 35.2. The van der Waals surface area contributed by atoms with Gasteiger partial charge < -0.3 is 5.11 Å². The zero-order chi connectivity index (χ0) is 12.5. The number of amides is 2. The van der Waals surface area contributed by atoms with E-state index >= 15 is 0 Å². The summed E-state index contributed by atoms with van der Waals surface area (Å²) in [5.41, 5.74) is -0.312. The lowest BCUT2D eigenvalue weighted by molar-refractivity contribution is -0.156. The van der Waals surface area contributed by atoms with E-state index in [4.69, 9.17) is 5.11 Å². The molecule has 5 nitrogen and oxygen atoms in total. The summed E-state index contributed by atoms with van der Waals surface area (Å²) in [5, 5.41) is 8.64. The molecule has 1 atom stereocenters. The highest BCUT2D eigenvalue weighted by Crippen LogP contribution is 2.32. The Bertz CT molecular complexity index is 315. The number of imide groups is 1. The molecule has 0 radical (unpaired) electrons. The standard InChI is InChI=1S/C11H17NO4/c1-7(4-10(15)16)12-8(13)5-11(2,3)6-9(12)14/h7H,4-6H2,1-3H3,(H,15,16). The Hall–Kier alpha value is -1.39. The number of nitrogens with zero attached hydrogens (tertiary/aromatic N) is 1. The van der Waals surface area contributed by atoms with Crippen molar-refractivity contribution in [3.63, 3.8) is 0 Å². The predicted molar refractivity (Wildman–Crippen MR) is 56.6 cm³/mol. The van der Waals surface area contributed by atoms with E-state index < -0.39 is 12.0 Å². The van der Waals surface area contributed by atoms with Crippen LogP contribution >= 0.6 is 0 Å². The molecule has 1 N–H and O–H groups in total. The van der Waals surface area contributed by atoms with Crippen molar-refractivity contribution in [3.05, 3.63) is 0 Å². The van der Waals surface area contributed by atoms with E-state index in [1.54, 1.807) is 6.92 Å². The van der Waals surface area contributed by atoms with Crippen molar-refractivity contribution in [1.29, 1.82) is 0 Å². The monoisotopic (exact) mass is 227 g/mol. The van der Waals surface area contributed by atoms with E-state index in [0.717, 1.165) is 4.90 Å². The van der Waals surface area contributed by atoms with Crippen LogP contribution in [0.1, 0.15) is 40.0 Å². The smallest absolute Gasteiger partial charge is 0.305 e. The Morgan fingerprint density at radius 1 is 1.38 bits per heavy atom. The molecule has 1 aliphatic rings. The van der Waals surface area contributed by atoms with Gasteiger partial charge in [0.2, 0.25) is 11.8 Å². The number of carbonyl (C=O) groups excluding carboxylic acids is 2. The van der Waals surface area contributed by atoms with Crippen LogP contribution in [0.3, 0.4) is 0 Å². The van der Waals surface area contributed by atoms with E-state index in [1.165, 1.54) is 0 Å². The summed E-state index contributed by atoms with van der Waals surface area (Å²) in [5.74, 6) is -1.54. The molecule has 1 unspecified atom stereocenters. The average molecular weight is 227 g/mol. The highest BCUT2D eigenvalue weighted by Gasteiger charge is 2.39. The lowest BCUT2D eigenvalue weighted by Gasteiger charge is -2.37. The van der Waals surface area contributed by atoms with Crippen LogP contribution in [0, 0.1) is 5.41 Å². The van der Waals surface area contributed by atoms with Crippen LogP contribution in [-0.4, -0.2) is 33.8 Å². The molecular weight excluding hydrogens is 210 g/mol. The summed E-state index contributed by atoms with van der Waals surface area (Å²) >= 11 is 0. The zero-order valence-electron chi connectivity index (χ0n) is 9.82. The molecule has 1 rings (SSSR count). The number of likely N-dealkylation sites (tertiary alicyclic amines) is 1. The maximum atomic E-state index is 11.8. The Kier molecular flexibility index (Phi) is 3.35. The normalized spacial score (nSPS) is 22.1.